The Kier molecular flexibility index (Phi) is 3.84. The predicted octanol–water partition coefficient (Wildman–Crippen LogP) is 2.99. The number of hydrogen-bond donors (Lipinski definition) is 2. The minimum Gasteiger partial charge on any atom is -0.453 e. The van der Waals surface area contributed by atoms with Crippen LogP contribution >= 0.6 is 11.6 Å². The van der Waals surface area contributed by atoms with Gasteiger partial charge in [0, 0.05) is 5.56 Å². The van der Waals surface area contributed by atoms with Gasteiger partial charge in [0.1, 0.15) is 0 Å². The third kappa shape index (κ3) is 2.88. The normalized spacial score (nSPS) is 12.6. The van der Waals surface area contributed by atoms with E-state index in [-0.39, 0.29) is 6.04 Å². The lowest BCUT2D eigenvalue weighted by Gasteiger charge is -2.15. The van der Waals surface area contributed by atoms with E-state index in [1.54, 1.807) is 6.26 Å². The maximum absolute atomic E-state index is 5.95. The summed E-state index contributed by atoms with van der Waals surface area (Å²) in [5.74, 6) is 5.57. The molecule has 0 spiro atoms. The van der Waals surface area contributed by atoms with Crippen molar-refractivity contribution < 1.29 is 4.42 Å². The Hall–Kier alpha value is -1.29. The molecule has 0 saturated carbocycles. The molecule has 3 N–H and O–H groups in total. The summed E-state index contributed by atoms with van der Waals surface area (Å²) in [6, 6.07) is 10.1. The molecule has 0 saturated heterocycles. The second-order valence-electron chi connectivity index (χ2n) is 4.06. The van der Waals surface area contributed by atoms with Crippen molar-refractivity contribution in [3.05, 3.63) is 58.5 Å². The lowest BCUT2D eigenvalue weighted by atomic mass is 10.0. The Morgan fingerprint density at radius 1 is 1.41 bits per heavy atom. The van der Waals surface area contributed by atoms with Crippen molar-refractivity contribution in [3.63, 3.8) is 0 Å². The van der Waals surface area contributed by atoms with Crippen LogP contribution in [0.5, 0.6) is 0 Å². The zero-order valence-electron chi connectivity index (χ0n) is 9.61. The first kappa shape index (κ1) is 12.2. The summed E-state index contributed by atoms with van der Waals surface area (Å²) >= 11 is 5.95. The van der Waals surface area contributed by atoms with Crippen LogP contribution in [0.2, 0.25) is 5.22 Å². The highest BCUT2D eigenvalue weighted by molar-refractivity contribution is 6.29. The van der Waals surface area contributed by atoms with Crippen LogP contribution in [0, 0.1) is 6.92 Å². The second-order valence-corrected chi connectivity index (χ2v) is 4.41. The van der Waals surface area contributed by atoms with Crippen LogP contribution in [-0.4, -0.2) is 0 Å². The number of hydrazine groups is 1. The monoisotopic (exact) mass is 250 g/mol. The minimum atomic E-state index is -0.0388. The van der Waals surface area contributed by atoms with Crippen LogP contribution in [0.25, 0.3) is 0 Å². The van der Waals surface area contributed by atoms with Gasteiger partial charge < -0.3 is 4.42 Å². The van der Waals surface area contributed by atoms with E-state index in [1.165, 1.54) is 11.1 Å². The molecule has 4 heteroatoms. The van der Waals surface area contributed by atoms with Gasteiger partial charge in [0.25, 0.3) is 0 Å². The van der Waals surface area contributed by atoms with Gasteiger partial charge in [0.15, 0.2) is 5.22 Å². The third-order valence-electron chi connectivity index (χ3n) is 2.74. The summed E-state index contributed by atoms with van der Waals surface area (Å²) in [5.41, 5.74) is 6.10. The number of rotatable bonds is 4. The molecular weight excluding hydrogens is 236 g/mol. The largest absolute Gasteiger partial charge is 0.453 e. The van der Waals surface area contributed by atoms with E-state index in [9.17, 15) is 0 Å². The number of furan rings is 1. The van der Waals surface area contributed by atoms with Crippen molar-refractivity contribution >= 4 is 11.6 Å². The van der Waals surface area contributed by atoms with Gasteiger partial charge in [-0.2, -0.15) is 0 Å². The maximum atomic E-state index is 5.95. The molecule has 1 unspecified atom stereocenters. The highest BCUT2D eigenvalue weighted by Gasteiger charge is 2.16. The van der Waals surface area contributed by atoms with E-state index in [0.717, 1.165) is 12.0 Å². The van der Waals surface area contributed by atoms with Crippen LogP contribution in [0.1, 0.15) is 22.7 Å². The minimum absolute atomic E-state index is 0.0388. The first-order chi connectivity index (χ1) is 8.20. The SMILES string of the molecule is Cc1cccc(CC(NN)c2ccoc2Cl)c1. The predicted molar refractivity (Wildman–Crippen MR) is 68.7 cm³/mol. The fraction of sp³-hybridized carbons (Fsp3) is 0.231. The molecule has 1 atom stereocenters. The van der Waals surface area contributed by atoms with Crippen molar-refractivity contribution in [1.29, 1.82) is 0 Å². The number of nitrogens with one attached hydrogen (secondary N) is 1. The van der Waals surface area contributed by atoms with E-state index in [2.05, 4.69) is 30.5 Å². The van der Waals surface area contributed by atoms with Gasteiger partial charge in [0.05, 0.1) is 12.3 Å². The topological polar surface area (TPSA) is 51.2 Å². The molecule has 0 fully saturated rings. The van der Waals surface area contributed by atoms with E-state index in [0.29, 0.717) is 5.22 Å². The number of nitrogens with two attached hydrogens (primary N) is 1. The van der Waals surface area contributed by atoms with Crippen LogP contribution in [0.4, 0.5) is 0 Å². The quantitative estimate of drug-likeness (QED) is 0.648. The van der Waals surface area contributed by atoms with Gasteiger partial charge in [-0.15, -0.1) is 0 Å². The first-order valence-electron chi connectivity index (χ1n) is 5.45. The summed E-state index contributed by atoms with van der Waals surface area (Å²) in [6.07, 6.45) is 2.34. The van der Waals surface area contributed by atoms with Crippen molar-refractivity contribution in [2.75, 3.05) is 0 Å². The molecule has 17 heavy (non-hydrogen) atoms. The molecule has 3 nitrogen and oxygen atoms in total. The van der Waals surface area contributed by atoms with Gasteiger partial charge in [-0.3, -0.25) is 11.3 Å². The number of halogens is 1. The number of benzene rings is 1. The number of aryl methyl sites for hydroxylation is 1. The fourth-order valence-electron chi connectivity index (χ4n) is 1.89. The molecule has 2 aromatic rings. The summed E-state index contributed by atoms with van der Waals surface area (Å²) in [6.45, 7) is 2.07. The van der Waals surface area contributed by atoms with Crippen LogP contribution in [-0.2, 0) is 6.42 Å². The molecule has 1 aromatic carbocycles. The lowest BCUT2D eigenvalue weighted by molar-refractivity contribution is 0.527. The van der Waals surface area contributed by atoms with Crippen LogP contribution < -0.4 is 11.3 Å². The van der Waals surface area contributed by atoms with Gasteiger partial charge in [-0.05, 0) is 36.6 Å². The number of hydrogen-bond acceptors (Lipinski definition) is 3. The van der Waals surface area contributed by atoms with Gasteiger partial charge in [-0.25, -0.2) is 0 Å². The van der Waals surface area contributed by atoms with Gasteiger partial charge >= 0.3 is 0 Å². The molecule has 0 aliphatic rings. The molecular formula is C13H15ClN2O. The van der Waals surface area contributed by atoms with E-state index in [1.807, 2.05) is 12.1 Å². The Balaban J connectivity index is 2.19. The van der Waals surface area contributed by atoms with Crippen molar-refractivity contribution in [1.82, 2.24) is 5.43 Å². The second kappa shape index (κ2) is 5.36. The zero-order chi connectivity index (χ0) is 12.3. The average molecular weight is 251 g/mol. The Bertz CT molecular complexity index is 496. The van der Waals surface area contributed by atoms with Gasteiger partial charge in [-0.1, -0.05) is 29.8 Å². The average Bonchev–Trinajstić information content (AvgIpc) is 2.72. The Morgan fingerprint density at radius 3 is 2.82 bits per heavy atom. The smallest absolute Gasteiger partial charge is 0.197 e. The van der Waals surface area contributed by atoms with Crippen LogP contribution in [0.15, 0.2) is 41.0 Å². The van der Waals surface area contributed by atoms with Crippen molar-refractivity contribution in [3.8, 4) is 0 Å². The molecule has 90 valence electrons. The molecule has 0 amide bonds. The highest BCUT2D eigenvalue weighted by Crippen LogP contribution is 2.26. The zero-order valence-corrected chi connectivity index (χ0v) is 10.4. The summed E-state index contributed by atoms with van der Waals surface area (Å²) in [7, 11) is 0. The summed E-state index contributed by atoms with van der Waals surface area (Å²) in [4.78, 5) is 0. The van der Waals surface area contributed by atoms with E-state index in [4.69, 9.17) is 21.9 Å². The standard InChI is InChI=1S/C13H15ClN2O/c1-9-3-2-4-10(7-9)8-12(16-15)11-5-6-17-13(11)14/h2-7,12,16H,8,15H2,1H3. The van der Waals surface area contributed by atoms with Crippen molar-refractivity contribution in [2.24, 2.45) is 5.84 Å². The van der Waals surface area contributed by atoms with Crippen molar-refractivity contribution in [2.45, 2.75) is 19.4 Å². The highest BCUT2D eigenvalue weighted by atomic mass is 35.5. The Labute approximate surface area is 106 Å². The fourth-order valence-corrected chi connectivity index (χ4v) is 2.13. The molecule has 0 aliphatic carbocycles. The third-order valence-corrected chi connectivity index (χ3v) is 3.05. The molecule has 2 rings (SSSR count). The summed E-state index contributed by atoms with van der Waals surface area (Å²) in [5, 5.41) is 0.389. The maximum Gasteiger partial charge on any atom is 0.197 e. The summed E-state index contributed by atoms with van der Waals surface area (Å²) < 4.78 is 5.08. The van der Waals surface area contributed by atoms with Crippen LogP contribution in [0.3, 0.4) is 0 Å². The van der Waals surface area contributed by atoms with E-state index < -0.39 is 0 Å². The lowest BCUT2D eigenvalue weighted by Crippen LogP contribution is -2.29. The molecule has 1 heterocycles. The molecule has 0 radical (unpaired) electrons. The molecule has 1 aromatic heterocycles. The molecule has 0 bridgehead atoms. The van der Waals surface area contributed by atoms with Gasteiger partial charge in [0.2, 0.25) is 0 Å². The molecule has 0 aliphatic heterocycles. The van der Waals surface area contributed by atoms with E-state index >= 15 is 0 Å². The Morgan fingerprint density at radius 2 is 2.24 bits per heavy atom. The first-order valence-corrected chi connectivity index (χ1v) is 5.83.